The maximum Gasteiger partial charge on any atom is 0.418 e. The summed E-state index contributed by atoms with van der Waals surface area (Å²) in [7, 11) is 1.45. The van der Waals surface area contributed by atoms with Crippen molar-refractivity contribution in [3.05, 3.63) is 153 Å². The Labute approximate surface area is 520 Å². The first-order valence-electron chi connectivity index (χ1n) is 29.6. The van der Waals surface area contributed by atoms with E-state index < -0.39 is 82.6 Å². The van der Waals surface area contributed by atoms with Crippen molar-refractivity contribution in [1.82, 2.24) is 14.7 Å². The van der Waals surface area contributed by atoms with Crippen molar-refractivity contribution in [2.24, 2.45) is 5.41 Å². The van der Waals surface area contributed by atoms with Gasteiger partial charge in [-0.1, -0.05) is 145 Å². The molecule has 0 spiro atoms. The van der Waals surface area contributed by atoms with E-state index in [1.54, 1.807) is 73.7 Å². The minimum atomic E-state index is -1.79. The lowest BCUT2D eigenvalue weighted by Crippen LogP contribution is -2.56. The molecule has 8 amide bonds. The van der Waals surface area contributed by atoms with Crippen molar-refractivity contribution in [3.8, 4) is 5.75 Å². The number of anilines is 3. The highest BCUT2D eigenvalue weighted by Crippen LogP contribution is 2.51. The molecule has 4 atom stereocenters. The molecule has 2 aliphatic heterocycles. The number of nitrogens with one attached hydrogen (secondary N) is 2. The van der Waals surface area contributed by atoms with Crippen LogP contribution >= 0.6 is 23.2 Å². The van der Waals surface area contributed by atoms with Gasteiger partial charge in [0.25, 0.3) is 29.5 Å². The van der Waals surface area contributed by atoms with Crippen LogP contribution < -0.4 is 20.3 Å². The molecule has 5 aromatic carbocycles. The first-order valence-corrected chi connectivity index (χ1v) is 30.3. The third-order valence-electron chi connectivity index (χ3n) is 17.3. The number of aryl methyl sites for hydroxylation is 1. The van der Waals surface area contributed by atoms with Crippen LogP contribution in [0.1, 0.15) is 143 Å². The molecule has 8 rings (SSSR count). The summed E-state index contributed by atoms with van der Waals surface area (Å²) in [5.74, 6) is -3.77. The average molecular weight is 1230 g/mol. The molecule has 462 valence electrons. The average Bonchev–Trinajstić information content (AvgIpc) is 1.69. The van der Waals surface area contributed by atoms with E-state index in [1.165, 1.54) is 36.3 Å². The van der Waals surface area contributed by atoms with Gasteiger partial charge in [-0.15, -0.1) is 0 Å². The third-order valence-corrected chi connectivity index (χ3v) is 18.0. The Bertz CT molecular complexity index is 3460. The Balaban J connectivity index is 0.000000294. The standard InChI is InChI=1S/C46H58ClN3O6.C22H22ClN3O5/c1-10-37(56-38-22-19-32(44(6,7)11-2)27-34(38)45(8,9)12-3)41(53)48-33-20-21-35(47)31(25-33)26-36(51)39(40(52)46(13-4)23-24-46)50-42(54)29(5)49(43(50)55)28-30-17-15-14-16-18-30;1-13-10-11-15(23)16(12-13)24-18(27)17(26-20(29)22(2,3)31-21(26)30)19(28)25(4)14-8-6-5-7-9-14/h14-22,25,27,29,37,39H,10-13,23-24,26,28H2,1-9H3,(H,48,53);5-12,17H,1-4H3,(H,24,27). The van der Waals surface area contributed by atoms with Gasteiger partial charge in [0.2, 0.25) is 6.04 Å². The number of nitrogens with zero attached hydrogens (tertiary/aromatic N) is 4. The number of rotatable bonds is 23. The molecule has 0 radical (unpaired) electrons. The number of hydrogen-bond acceptors (Lipinski definition) is 11. The van der Waals surface area contributed by atoms with Gasteiger partial charge in [-0.3, -0.25) is 33.6 Å². The van der Waals surface area contributed by atoms with Crippen molar-refractivity contribution in [3.63, 3.8) is 0 Å². The number of para-hydroxylation sites is 1. The molecular weight excluding hydrogens is 1150 g/mol. The zero-order valence-corrected chi connectivity index (χ0v) is 53.5. The summed E-state index contributed by atoms with van der Waals surface area (Å²) in [4.78, 5) is 126. The predicted molar refractivity (Wildman–Crippen MR) is 337 cm³/mol. The Kier molecular flexibility index (Phi) is 20.7. The van der Waals surface area contributed by atoms with E-state index in [9.17, 15) is 43.2 Å². The second-order valence-electron chi connectivity index (χ2n) is 24.5. The van der Waals surface area contributed by atoms with Gasteiger partial charge in [-0.25, -0.2) is 19.4 Å². The van der Waals surface area contributed by atoms with Gasteiger partial charge < -0.3 is 29.9 Å². The number of likely N-dealkylation sites (N-methyl/N-ethyl adjacent to an activating group) is 1. The number of imide groups is 2. The maximum absolute atomic E-state index is 14.3. The smallest absolute Gasteiger partial charge is 0.418 e. The number of benzene rings is 5. The first-order chi connectivity index (χ1) is 41.0. The highest BCUT2D eigenvalue weighted by molar-refractivity contribution is 6.34. The Hall–Kier alpha value is -7.89. The van der Waals surface area contributed by atoms with Gasteiger partial charge in [0, 0.05) is 47.4 Å². The van der Waals surface area contributed by atoms with E-state index in [1.807, 2.05) is 57.2 Å². The SMILES string of the molecule is CCC(Oc1ccc(C(C)(C)CC)cc1C(C)(C)CC)C(=O)Nc1ccc(Cl)c(CC(=O)C(C(=O)C2(CC)CC2)N2C(=O)C(C)N(Cc3ccccc3)C2=O)c1.Cc1ccc(Cl)c(NC(=O)C(C(=O)N(C)c2ccccc2)N2C(=O)OC(C)(C)C2=O)c1. The molecule has 3 fully saturated rings. The lowest BCUT2D eigenvalue weighted by molar-refractivity contribution is -0.143. The Morgan fingerprint density at radius 1 is 0.747 bits per heavy atom. The van der Waals surface area contributed by atoms with Gasteiger partial charge in [0.1, 0.15) is 11.8 Å². The fourth-order valence-corrected chi connectivity index (χ4v) is 10.8. The molecule has 1 aliphatic carbocycles. The van der Waals surface area contributed by atoms with E-state index in [0.717, 1.165) is 34.4 Å². The lowest BCUT2D eigenvalue weighted by Gasteiger charge is -2.31. The molecule has 3 aliphatic rings. The summed E-state index contributed by atoms with van der Waals surface area (Å²) in [6.45, 7) is 23.3. The van der Waals surface area contributed by atoms with Gasteiger partial charge in [0.05, 0.1) is 10.7 Å². The topological polar surface area (TPSA) is 209 Å². The summed E-state index contributed by atoms with van der Waals surface area (Å²) in [6, 6.07) is 29.0. The molecule has 2 saturated heterocycles. The third kappa shape index (κ3) is 14.6. The quantitative estimate of drug-likeness (QED) is 0.0464. The van der Waals surface area contributed by atoms with Crippen molar-refractivity contribution in [2.45, 2.75) is 175 Å². The minimum absolute atomic E-state index is 0.0182. The van der Waals surface area contributed by atoms with E-state index in [-0.39, 0.29) is 45.4 Å². The van der Waals surface area contributed by atoms with Gasteiger partial charge in [0.15, 0.2) is 29.3 Å². The van der Waals surface area contributed by atoms with Crippen LogP contribution in [-0.2, 0) is 62.1 Å². The number of carbonyl (C=O) groups excluding carboxylic acids is 9. The molecule has 4 unspecified atom stereocenters. The van der Waals surface area contributed by atoms with Crippen LogP contribution in [-0.4, -0.2) is 105 Å². The fourth-order valence-electron chi connectivity index (χ4n) is 10.5. The minimum Gasteiger partial charge on any atom is -0.480 e. The fraction of sp³-hybridized carbons (Fsp3) is 0.426. The van der Waals surface area contributed by atoms with Crippen LogP contribution in [0.4, 0.5) is 26.7 Å². The summed E-state index contributed by atoms with van der Waals surface area (Å²) < 4.78 is 11.6. The normalized spacial score (nSPS) is 17.1. The number of Topliss-reactive ketones (excluding diaryl/α,β-unsaturated/α-hetero) is 2. The van der Waals surface area contributed by atoms with Crippen LogP contribution in [0.2, 0.25) is 10.0 Å². The molecule has 0 bridgehead atoms. The molecule has 5 aromatic rings. The number of ether oxygens (including phenoxy) is 2. The van der Waals surface area contributed by atoms with Crippen molar-refractivity contribution in [2.75, 3.05) is 22.6 Å². The van der Waals surface area contributed by atoms with Crippen molar-refractivity contribution < 1.29 is 52.6 Å². The van der Waals surface area contributed by atoms with Crippen molar-refractivity contribution >= 4 is 93.5 Å². The molecule has 2 N–H and O–H groups in total. The van der Waals surface area contributed by atoms with Gasteiger partial charge in [-0.2, -0.15) is 0 Å². The number of ketones is 2. The summed E-state index contributed by atoms with van der Waals surface area (Å²) >= 11 is 12.8. The largest absolute Gasteiger partial charge is 0.480 e. The predicted octanol–water partition coefficient (Wildman–Crippen LogP) is 13.0. The van der Waals surface area contributed by atoms with Crippen LogP contribution in [0.25, 0.3) is 0 Å². The number of amides is 8. The van der Waals surface area contributed by atoms with Crippen LogP contribution in [0.3, 0.4) is 0 Å². The number of hydrogen-bond donors (Lipinski definition) is 2. The molecule has 87 heavy (non-hydrogen) atoms. The maximum atomic E-state index is 14.3. The van der Waals surface area contributed by atoms with Crippen LogP contribution in [0, 0.1) is 12.3 Å². The first kappa shape index (κ1) is 66.6. The molecular formula is C68H80Cl2N6O11. The molecule has 17 nitrogen and oxygen atoms in total. The van der Waals surface area contributed by atoms with Crippen molar-refractivity contribution in [1.29, 1.82) is 0 Å². The van der Waals surface area contributed by atoms with E-state index in [0.29, 0.717) is 53.3 Å². The molecule has 2 heterocycles. The van der Waals surface area contributed by atoms with E-state index in [2.05, 4.69) is 64.3 Å². The van der Waals surface area contributed by atoms with Gasteiger partial charge >= 0.3 is 12.1 Å². The molecule has 1 saturated carbocycles. The summed E-state index contributed by atoms with van der Waals surface area (Å²) in [5, 5.41) is 6.01. The van der Waals surface area contributed by atoms with Crippen LogP contribution in [0.15, 0.2) is 115 Å². The molecule has 19 heteroatoms. The number of halogens is 2. The second kappa shape index (κ2) is 27.0. The highest BCUT2D eigenvalue weighted by atomic mass is 35.5. The second-order valence-corrected chi connectivity index (χ2v) is 25.3. The number of carbonyl (C=O) groups is 9. The van der Waals surface area contributed by atoms with Crippen LogP contribution in [0.5, 0.6) is 5.75 Å². The van der Waals surface area contributed by atoms with E-state index >= 15 is 0 Å². The zero-order chi connectivity index (χ0) is 64.1. The zero-order valence-electron chi connectivity index (χ0n) is 52.0. The lowest BCUT2D eigenvalue weighted by atomic mass is 9.76. The summed E-state index contributed by atoms with van der Waals surface area (Å²) in [5.41, 5.74) is 2.93. The number of urea groups is 1. The highest BCUT2D eigenvalue weighted by Gasteiger charge is 2.58. The van der Waals surface area contributed by atoms with E-state index in [4.69, 9.17) is 32.7 Å². The van der Waals surface area contributed by atoms with Gasteiger partial charge in [-0.05, 0) is 148 Å². The molecule has 0 aromatic heterocycles. The summed E-state index contributed by atoms with van der Waals surface area (Å²) in [6.07, 6.45) is 1.73. The Morgan fingerprint density at radius 2 is 1.37 bits per heavy atom. The monoisotopic (exact) mass is 1230 g/mol. The number of cyclic esters (lactones) is 1. The Morgan fingerprint density at radius 3 is 1.94 bits per heavy atom.